The number of aliphatic imine (C=N–C) groups is 1. The smallest absolute Gasteiger partial charge is 0.203 e. The lowest BCUT2D eigenvalue weighted by atomic mass is 10.1. The van der Waals surface area contributed by atoms with Crippen LogP contribution in [0.15, 0.2) is 47.5 Å². The zero-order valence-corrected chi connectivity index (χ0v) is 14.4. The van der Waals surface area contributed by atoms with Gasteiger partial charge in [0.1, 0.15) is 11.5 Å². The maximum absolute atomic E-state index is 9.24. The Bertz CT molecular complexity index is 755. The maximum Gasteiger partial charge on any atom is 0.203 e. The number of benzene rings is 2. The van der Waals surface area contributed by atoms with Crippen molar-refractivity contribution in [1.29, 1.82) is 5.41 Å². The van der Waals surface area contributed by atoms with Gasteiger partial charge in [0.05, 0.1) is 0 Å². The number of nitrogens with two attached hydrogens (primary N) is 1. The van der Waals surface area contributed by atoms with Crippen molar-refractivity contribution in [2.24, 2.45) is 4.99 Å². The molecule has 0 saturated carbocycles. The van der Waals surface area contributed by atoms with Crippen LogP contribution in [0.25, 0.3) is 0 Å². The molecule has 0 spiro atoms. The lowest BCUT2D eigenvalue weighted by Gasteiger charge is -2.08. The van der Waals surface area contributed by atoms with Crippen LogP contribution in [-0.2, 0) is 6.42 Å². The number of hydrogen-bond acceptors (Lipinski definition) is 3. The predicted molar refractivity (Wildman–Crippen MR) is 95.9 cm³/mol. The first kappa shape index (κ1) is 18.3. The SMILES string of the molecule is CC(=NC(=N)Cc1ccc(Cl)cc1)[NH2+]c1ccc(C(O)O)c(C)c1. The van der Waals surface area contributed by atoms with E-state index in [1.165, 1.54) is 0 Å². The summed E-state index contributed by atoms with van der Waals surface area (Å²) in [5.41, 5.74) is 3.16. The molecule has 6 heteroatoms. The molecule has 0 radical (unpaired) electrons. The Labute approximate surface area is 146 Å². The molecule has 0 heterocycles. The summed E-state index contributed by atoms with van der Waals surface area (Å²) >= 11 is 5.85. The van der Waals surface area contributed by atoms with Gasteiger partial charge in [-0.25, -0.2) is 0 Å². The Hall–Kier alpha value is -2.05. The highest BCUT2D eigenvalue weighted by atomic mass is 35.5. The monoisotopic (exact) mass is 346 g/mol. The molecule has 0 bridgehead atoms. The van der Waals surface area contributed by atoms with Gasteiger partial charge in [0.25, 0.3) is 0 Å². The zero-order chi connectivity index (χ0) is 17.7. The fraction of sp³-hybridized carbons (Fsp3) is 0.222. The largest absolute Gasteiger partial charge is 0.364 e. The van der Waals surface area contributed by atoms with E-state index in [-0.39, 0.29) is 5.84 Å². The highest BCUT2D eigenvalue weighted by Crippen LogP contribution is 2.17. The van der Waals surface area contributed by atoms with Crippen molar-refractivity contribution in [3.8, 4) is 0 Å². The summed E-state index contributed by atoms with van der Waals surface area (Å²) in [5, 5.41) is 29.0. The van der Waals surface area contributed by atoms with Crippen molar-refractivity contribution >= 4 is 29.0 Å². The Morgan fingerprint density at radius 3 is 2.46 bits per heavy atom. The molecule has 2 aromatic carbocycles. The Kier molecular flexibility index (Phi) is 6.23. The molecule has 5 N–H and O–H groups in total. The fourth-order valence-electron chi connectivity index (χ4n) is 2.40. The Morgan fingerprint density at radius 1 is 1.21 bits per heavy atom. The van der Waals surface area contributed by atoms with Crippen LogP contribution in [0.2, 0.25) is 5.02 Å². The van der Waals surface area contributed by atoms with E-state index in [0.717, 1.165) is 16.8 Å². The number of amidine groups is 2. The zero-order valence-electron chi connectivity index (χ0n) is 13.6. The number of rotatable bonds is 4. The van der Waals surface area contributed by atoms with Crippen molar-refractivity contribution in [2.45, 2.75) is 26.6 Å². The van der Waals surface area contributed by atoms with E-state index in [9.17, 15) is 10.2 Å². The normalized spacial score (nSPS) is 11.8. The molecule has 2 rings (SSSR count). The average Bonchev–Trinajstić information content (AvgIpc) is 2.49. The molecule has 0 amide bonds. The molecule has 0 fully saturated rings. The third-order valence-corrected chi connectivity index (χ3v) is 3.80. The number of aliphatic hydroxyl groups is 2. The molecular formula is C18H21ClN3O2+. The highest BCUT2D eigenvalue weighted by molar-refractivity contribution is 6.30. The van der Waals surface area contributed by atoms with Crippen LogP contribution in [0.3, 0.4) is 0 Å². The van der Waals surface area contributed by atoms with Gasteiger partial charge >= 0.3 is 0 Å². The van der Waals surface area contributed by atoms with E-state index in [1.807, 2.05) is 37.4 Å². The standard InChI is InChI=1S/C18H20ClN3O2/c1-11-9-15(7-8-16(11)18(23)24)21-12(2)22-17(20)10-13-3-5-14(19)6-4-13/h3-9,18,23-24H,10H2,1-2H3,(H2,20,21,22)/p+1. The van der Waals surface area contributed by atoms with Gasteiger partial charge in [0, 0.05) is 30.0 Å². The topological polar surface area (TPSA) is 93.3 Å². The predicted octanol–water partition coefficient (Wildman–Crippen LogP) is 2.46. The molecule has 0 unspecified atom stereocenters. The van der Waals surface area contributed by atoms with Gasteiger partial charge < -0.3 is 10.2 Å². The van der Waals surface area contributed by atoms with E-state index in [4.69, 9.17) is 17.0 Å². The summed E-state index contributed by atoms with van der Waals surface area (Å²) in [7, 11) is 0. The first-order valence-corrected chi connectivity index (χ1v) is 7.91. The van der Waals surface area contributed by atoms with Crippen molar-refractivity contribution in [3.63, 3.8) is 0 Å². The molecule has 0 aliphatic rings. The van der Waals surface area contributed by atoms with E-state index in [1.54, 1.807) is 24.3 Å². The number of aliphatic hydroxyl groups excluding tert-OH is 1. The number of nitrogens with one attached hydrogen (secondary N) is 1. The summed E-state index contributed by atoms with van der Waals surface area (Å²) in [6.45, 7) is 3.65. The molecule has 0 saturated heterocycles. The quantitative estimate of drug-likeness (QED) is 0.296. The summed E-state index contributed by atoms with van der Waals surface area (Å²) in [6, 6.07) is 12.7. The van der Waals surface area contributed by atoms with Crippen LogP contribution >= 0.6 is 11.6 Å². The fourth-order valence-corrected chi connectivity index (χ4v) is 2.53. The minimum Gasteiger partial charge on any atom is -0.364 e. The van der Waals surface area contributed by atoms with Crippen LogP contribution in [0.4, 0.5) is 5.69 Å². The number of aryl methyl sites for hydroxylation is 1. The molecule has 0 atom stereocenters. The molecular weight excluding hydrogens is 326 g/mol. The van der Waals surface area contributed by atoms with Crippen molar-refractivity contribution in [3.05, 3.63) is 64.2 Å². The maximum atomic E-state index is 9.24. The molecule has 0 aliphatic heterocycles. The second kappa shape index (κ2) is 8.17. The van der Waals surface area contributed by atoms with Crippen LogP contribution in [0.1, 0.15) is 29.9 Å². The summed E-state index contributed by atoms with van der Waals surface area (Å²) in [6.07, 6.45) is -1.03. The van der Waals surface area contributed by atoms with Gasteiger partial charge in [-0.15, -0.1) is 0 Å². The number of halogens is 1. The molecule has 0 aromatic heterocycles. The minimum absolute atomic E-state index is 0.269. The van der Waals surface area contributed by atoms with Gasteiger partial charge in [-0.3, -0.25) is 10.7 Å². The lowest BCUT2D eigenvalue weighted by molar-refractivity contribution is -0.444. The Balaban J connectivity index is 2.01. The van der Waals surface area contributed by atoms with Crippen LogP contribution in [-0.4, -0.2) is 21.9 Å². The second-order valence-corrected chi connectivity index (χ2v) is 6.07. The lowest BCUT2D eigenvalue weighted by Crippen LogP contribution is -2.81. The van der Waals surface area contributed by atoms with Gasteiger partial charge in [-0.2, -0.15) is 4.99 Å². The highest BCUT2D eigenvalue weighted by Gasteiger charge is 2.10. The van der Waals surface area contributed by atoms with Gasteiger partial charge in [0.2, 0.25) is 5.84 Å². The molecule has 24 heavy (non-hydrogen) atoms. The minimum atomic E-state index is -1.47. The molecule has 0 aliphatic carbocycles. The van der Waals surface area contributed by atoms with Gasteiger partial charge in [-0.05, 0) is 42.3 Å². The summed E-state index contributed by atoms with van der Waals surface area (Å²) < 4.78 is 0. The van der Waals surface area contributed by atoms with E-state index < -0.39 is 6.29 Å². The number of nitrogens with zero attached hydrogens (tertiary/aromatic N) is 1. The first-order chi connectivity index (χ1) is 11.3. The van der Waals surface area contributed by atoms with Crippen LogP contribution in [0, 0.1) is 12.3 Å². The van der Waals surface area contributed by atoms with Crippen LogP contribution in [0.5, 0.6) is 0 Å². The molecule has 126 valence electrons. The van der Waals surface area contributed by atoms with E-state index >= 15 is 0 Å². The molecule has 5 nitrogen and oxygen atoms in total. The van der Waals surface area contributed by atoms with E-state index in [2.05, 4.69) is 4.99 Å². The number of quaternary nitrogens is 1. The first-order valence-electron chi connectivity index (χ1n) is 7.54. The second-order valence-electron chi connectivity index (χ2n) is 5.64. The summed E-state index contributed by atoms with van der Waals surface area (Å²) in [4.78, 5) is 4.29. The van der Waals surface area contributed by atoms with E-state index in [0.29, 0.717) is 22.8 Å². The Morgan fingerprint density at radius 2 is 1.88 bits per heavy atom. The van der Waals surface area contributed by atoms with Crippen molar-refractivity contribution in [2.75, 3.05) is 0 Å². The van der Waals surface area contributed by atoms with Crippen molar-refractivity contribution in [1.82, 2.24) is 0 Å². The van der Waals surface area contributed by atoms with Crippen LogP contribution < -0.4 is 5.32 Å². The summed E-state index contributed by atoms with van der Waals surface area (Å²) in [5.74, 6) is 0.982. The third kappa shape index (κ3) is 5.25. The third-order valence-electron chi connectivity index (χ3n) is 3.54. The average molecular weight is 347 g/mol. The van der Waals surface area contributed by atoms with Crippen molar-refractivity contribution < 1.29 is 15.5 Å². The molecule has 2 aromatic rings. The van der Waals surface area contributed by atoms with Gasteiger partial charge in [-0.1, -0.05) is 23.7 Å². The van der Waals surface area contributed by atoms with Gasteiger partial charge in [0.15, 0.2) is 6.29 Å². The number of hydrogen-bond donors (Lipinski definition) is 4.